The Morgan fingerprint density at radius 3 is 2.67 bits per heavy atom. The van der Waals surface area contributed by atoms with E-state index in [0.717, 1.165) is 28.0 Å². The van der Waals surface area contributed by atoms with E-state index < -0.39 is 5.92 Å². The summed E-state index contributed by atoms with van der Waals surface area (Å²) in [5, 5.41) is 22.4. The number of anilines is 2. The molecule has 1 atom stereocenters. The van der Waals surface area contributed by atoms with Crippen LogP contribution in [0.5, 0.6) is 5.88 Å². The predicted octanol–water partition coefficient (Wildman–Crippen LogP) is 4.81. The van der Waals surface area contributed by atoms with E-state index in [1.165, 1.54) is 17.0 Å². The quantitative estimate of drug-likeness (QED) is 0.329. The average Bonchev–Trinajstić information content (AvgIpc) is 3.41. The standard InChI is InChI=1S/C35H37F2N7O2/c1-3-31(45)44-17-16-43(21-26(44)10-13-38)33-27-11-14-42(30-9-5-8-25-7-4-6-24(2)32(25)30)22-29(27)40-34(28(33)20-39)46-19-18-41-15-12-35(36,37)23-41/h3-9,26H,1,10-12,14-19,21-23H2,2H3/t26-/m0/s1. The second kappa shape index (κ2) is 12.9. The van der Waals surface area contributed by atoms with Gasteiger partial charge >= 0.3 is 0 Å². The van der Waals surface area contributed by atoms with Crippen molar-refractivity contribution in [3.63, 3.8) is 0 Å². The van der Waals surface area contributed by atoms with Crippen LogP contribution >= 0.6 is 0 Å². The molecule has 0 unspecified atom stereocenters. The molecule has 3 aliphatic heterocycles. The van der Waals surface area contributed by atoms with Crippen LogP contribution < -0.4 is 14.5 Å². The van der Waals surface area contributed by atoms with Crippen molar-refractivity contribution >= 4 is 28.1 Å². The van der Waals surface area contributed by atoms with E-state index in [0.29, 0.717) is 51.3 Å². The molecule has 3 aromatic rings. The molecule has 3 aliphatic rings. The molecular formula is C35H37F2N7O2. The van der Waals surface area contributed by atoms with E-state index in [4.69, 9.17) is 9.72 Å². The number of benzene rings is 2. The van der Waals surface area contributed by atoms with Gasteiger partial charge in [-0.1, -0.05) is 36.9 Å². The zero-order chi connectivity index (χ0) is 32.4. The molecule has 1 amide bonds. The van der Waals surface area contributed by atoms with Crippen LogP contribution in [0.4, 0.5) is 20.2 Å². The van der Waals surface area contributed by atoms with Crippen LogP contribution in [0.15, 0.2) is 49.1 Å². The molecule has 0 aliphatic carbocycles. The zero-order valence-corrected chi connectivity index (χ0v) is 26.0. The highest BCUT2D eigenvalue weighted by molar-refractivity contribution is 5.97. The zero-order valence-electron chi connectivity index (χ0n) is 26.0. The lowest BCUT2D eigenvalue weighted by Gasteiger charge is -2.43. The third-order valence-corrected chi connectivity index (χ3v) is 9.32. The molecule has 0 radical (unpaired) electrons. The third kappa shape index (κ3) is 6.08. The van der Waals surface area contributed by atoms with Crippen LogP contribution in [0, 0.1) is 29.6 Å². The summed E-state index contributed by atoms with van der Waals surface area (Å²) >= 11 is 0. The molecule has 46 heavy (non-hydrogen) atoms. The molecule has 0 saturated carbocycles. The molecule has 0 bridgehead atoms. The Kier molecular flexibility index (Phi) is 8.79. The monoisotopic (exact) mass is 625 g/mol. The highest BCUT2D eigenvalue weighted by Crippen LogP contribution is 2.40. The van der Waals surface area contributed by atoms with Crippen molar-refractivity contribution in [1.29, 1.82) is 10.5 Å². The Bertz CT molecular complexity index is 1740. The fourth-order valence-corrected chi connectivity index (χ4v) is 7.08. The van der Waals surface area contributed by atoms with E-state index in [9.17, 15) is 24.1 Å². The van der Waals surface area contributed by atoms with Gasteiger partial charge in [-0.15, -0.1) is 0 Å². The fraction of sp³-hybridized carbons (Fsp3) is 0.429. The summed E-state index contributed by atoms with van der Waals surface area (Å²) < 4.78 is 33.7. The predicted molar refractivity (Wildman–Crippen MR) is 172 cm³/mol. The third-order valence-electron chi connectivity index (χ3n) is 9.32. The maximum absolute atomic E-state index is 13.8. The summed E-state index contributed by atoms with van der Waals surface area (Å²) in [6, 6.07) is 16.7. The van der Waals surface area contributed by atoms with Gasteiger partial charge in [0.25, 0.3) is 5.92 Å². The molecular weight excluding hydrogens is 588 g/mol. The average molecular weight is 626 g/mol. The first-order valence-electron chi connectivity index (χ1n) is 15.7. The minimum atomic E-state index is -2.70. The second-order valence-corrected chi connectivity index (χ2v) is 12.2. The Balaban J connectivity index is 1.37. The number of rotatable bonds is 8. The van der Waals surface area contributed by atoms with Gasteiger partial charge in [0, 0.05) is 62.3 Å². The number of ether oxygens (including phenoxy) is 1. The van der Waals surface area contributed by atoms with Crippen molar-refractivity contribution < 1.29 is 18.3 Å². The number of hydrogen-bond acceptors (Lipinski definition) is 8. The van der Waals surface area contributed by atoms with Crippen molar-refractivity contribution in [2.24, 2.45) is 0 Å². The number of halogens is 2. The van der Waals surface area contributed by atoms with Crippen LogP contribution in [0.3, 0.4) is 0 Å². The Morgan fingerprint density at radius 1 is 1.15 bits per heavy atom. The van der Waals surface area contributed by atoms with Gasteiger partial charge in [-0.3, -0.25) is 9.69 Å². The minimum absolute atomic E-state index is 0.112. The number of fused-ring (bicyclic) bond motifs is 2. The summed E-state index contributed by atoms with van der Waals surface area (Å²) in [4.78, 5) is 25.2. The first-order chi connectivity index (χ1) is 22.2. The minimum Gasteiger partial charge on any atom is -0.475 e. The van der Waals surface area contributed by atoms with Gasteiger partial charge in [-0.25, -0.2) is 13.8 Å². The van der Waals surface area contributed by atoms with Gasteiger partial charge in [0.05, 0.1) is 43.0 Å². The summed E-state index contributed by atoms with van der Waals surface area (Å²) in [6.45, 7) is 8.52. The number of alkyl halides is 2. The van der Waals surface area contributed by atoms with Gasteiger partial charge in [0.1, 0.15) is 18.2 Å². The van der Waals surface area contributed by atoms with Gasteiger partial charge < -0.3 is 19.4 Å². The van der Waals surface area contributed by atoms with Crippen LogP contribution in [-0.4, -0.2) is 85.1 Å². The molecule has 238 valence electrons. The second-order valence-electron chi connectivity index (χ2n) is 12.2. The number of aryl methyl sites for hydroxylation is 1. The normalized spacial score (nSPS) is 19.4. The van der Waals surface area contributed by atoms with Gasteiger partial charge in [0.15, 0.2) is 0 Å². The largest absolute Gasteiger partial charge is 0.475 e. The molecule has 2 aromatic carbocycles. The number of amides is 1. The van der Waals surface area contributed by atoms with Crippen molar-refractivity contribution in [1.82, 2.24) is 14.8 Å². The molecule has 9 nitrogen and oxygen atoms in total. The van der Waals surface area contributed by atoms with Crippen molar-refractivity contribution in [3.8, 4) is 18.0 Å². The molecule has 6 rings (SSSR count). The van der Waals surface area contributed by atoms with E-state index in [-0.39, 0.29) is 50.4 Å². The van der Waals surface area contributed by atoms with E-state index in [1.54, 1.807) is 9.80 Å². The molecule has 0 spiro atoms. The Hall–Kier alpha value is -4.74. The molecule has 11 heteroatoms. The van der Waals surface area contributed by atoms with E-state index in [2.05, 4.69) is 71.8 Å². The van der Waals surface area contributed by atoms with Crippen LogP contribution in [0.1, 0.15) is 35.2 Å². The van der Waals surface area contributed by atoms with Crippen LogP contribution in [0.2, 0.25) is 0 Å². The Labute approximate surface area is 267 Å². The topological polar surface area (TPSA) is 99.7 Å². The van der Waals surface area contributed by atoms with E-state index in [1.807, 2.05) is 0 Å². The van der Waals surface area contributed by atoms with Crippen molar-refractivity contribution in [3.05, 3.63) is 71.4 Å². The Morgan fingerprint density at radius 2 is 1.96 bits per heavy atom. The fourth-order valence-electron chi connectivity index (χ4n) is 7.08. The van der Waals surface area contributed by atoms with Crippen molar-refractivity contribution in [2.75, 3.05) is 62.2 Å². The number of aromatic nitrogens is 1. The maximum Gasteiger partial charge on any atom is 0.261 e. The molecule has 2 fully saturated rings. The molecule has 0 N–H and O–H groups in total. The maximum atomic E-state index is 13.8. The lowest BCUT2D eigenvalue weighted by atomic mass is 9.95. The SMILES string of the molecule is C=CC(=O)N1CCN(c2c(C#N)c(OCCN3CCC(F)(F)C3)nc3c2CCN(c2cccc4cccc(C)c24)C3)C[C@@H]1CC#N. The smallest absolute Gasteiger partial charge is 0.261 e. The van der Waals surface area contributed by atoms with Crippen molar-refractivity contribution in [2.45, 2.75) is 44.7 Å². The summed E-state index contributed by atoms with van der Waals surface area (Å²) in [7, 11) is 0. The molecule has 2 saturated heterocycles. The molecule has 1 aromatic heterocycles. The summed E-state index contributed by atoms with van der Waals surface area (Å²) in [6.07, 6.45) is 1.86. The first kappa shape index (κ1) is 31.3. The van der Waals surface area contributed by atoms with Crippen LogP contribution in [0.25, 0.3) is 10.8 Å². The highest BCUT2D eigenvalue weighted by Gasteiger charge is 2.38. The first-order valence-corrected chi connectivity index (χ1v) is 15.7. The number of carbonyl (C=O) groups excluding carboxylic acids is 1. The van der Waals surface area contributed by atoms with Gasteiger partial charge in [-0.05, 0) is 36.4 Å². The van der Waals surface area contributed by atoms with Gasteiger partial charge in [0.2, 0.25) is 11.8 Å². The summed E-state index contributed by atoms with van der Waals surface area (Å²) in [5.41, 5.74) is 5.04. The number of piperazine rings is 1. The number of carbonyl (C=O) groups is 1. The van der Waals surface area contributed by atoms with Gasteiger partial charge in [-0.2, -0.15) is 10.5 Å². The number of hydrogen-bond donors (Lipinski definition) is 0. The number of likely N-dealkylation sites (tertiary alicyclic amines) is 1. The highest BCUT2D eigenvalue weighted by atomic mass is 19.3. The lowest BCUT2D eigenvalue weighted by Crippen LogP contribution is -2.55. The number of pyridine rings is 1. The molecule has 4 heterocycles. The summed E-state index contributed by atoms with van der Waals surface area (Å²) in [5.74, 6) is -2.75. The van der Waals surface area contributed by atoms with E-state index >= 15 is 0 Å². The number of nitrogens with zero attached hydrogens (tertiary/aromatic N) is 7. The number of nitriles is 2. The van der Waals surface area contributed by atoms with Crippen LogP contribution in [-0.2, 0) is 17.8 Å². The lowest BCUT2D eigenvalue weighted by molar-refractivity contribution is -0.128.